The molecule has 4 nitrogen and oxygen atoms in total. The minimum atomic E-state index is 0.617. The molecule has 0 spiro atoms. The molecule has 1 aliphatic rings. The molecule has 16 heavy (non-hydrogen) atoms. The van der Waals surface area contributed by atoms with Crippen molar-refractivity contribution in [3.05, 3.63) is 17.5 Å². The lowest BCUT2D eigenvalue weighted by Gasteiger charge is -2.22. The van der Waals surface area contributed by atoms with Crippen LogP contribution >= 0.6 is 0 Å². The Morgan fingerprint density at radius 2 is 2.50 bits per heavy atom. The van der Waals surface area contributed by atoms with Gasteiger partial charge in [0.2, 0.25) is 0 Å². The molecule has 0 saturated carbocycles. The Kier molecular flexibility index (Phi) is 3.96. The first-order valence-corrected chi connectivity index (χ1v) is 6.16. The molecule has 0 aromatic carbocycles. The number of aromatic nitrogens is 1. The lowest BCUT2D eigenvalue weighted by atomic mass is 10.2. The molecule has 0 radical (unpaired) electrons. The van der Waals surface area contributed by atoms with E-state index in [2.05, 4.69) is 22.3 Å². The van der Waals surface area contributed by atoms with Crippen LogP contribution in [0.1, 0.15) is 31.2 Å². The zero-order valence-electron chi connectivity index (χ0n) is 10.2. The first-order chi connectivity index (χ1) is 7.78. The number of rotatable bonds is 3. The van der Waals surface area contributed by atoms with Gasteiger partial charge in [-0.25, -0.2) is 0 Å². The van der Waals surface area contributed by atoms with Gasteiger partial charge in [-0.15, -0.1) is 0 Å². The third kappa shape index (κ3) is 3.06. The molecule has 1 N–H and O–H groups in total. The van der Waals surface area contributed by atoms with Crippen LogP contribution in [0.5, 0.6) is 0 Å². The van der Waals surface area contributed by atoms with E-state index >= 15 is 0 Å². The number of nitrogens with one attached hydrogen (secondary N) is 1. The molecule has 90 valence electrons. The Hall–Kier alpha value is -0.870. The lowest BCUT2D eigenvalue weighted by Crippen LogP contribution is -2.36. The summed E-state index contributed by atoms with van der Waals surface area (Å²) in [5.74, 6) is 0.981. The van der Waals surface area contributed by atoms with Gasteiger partial charge in [-0.3, -0.25) is 4.90 Å². The molecule has 0 bridgehead atoms. The molecular weight excluding hydrogens is 202 g/mol. The van der Waals surface area contributed by atoms with E-state index in [0.29, 0.717) is 6.04 Å². The zero-order chi connectivity index (χ0) is 11.4. The van der Waals surface area contributed by atoms with Gasteiger partial charge in [-0.2, -0.15) is 0 Å². The van der Waals surface area contributed by atoms with E-state index in [4.69, 9.17) is 4.52 Å². The highest BCUT2D eigenvalue weighted by molar-refractivity contribution is 5.03. The van der Waals surface area contributed by atoms with Gasteiger partial charge >= 0.3 is 0 Å². The van der Waals surface area contributed by atoms with Crippen molar-refractivity contribution in [1.29, 1.82) is 0 Å². The predicted octanol–water partition coefficient (Wildman–Crippen LogP) is 1.56. The first-order valence-electron chi connectivity index (χ1n) is 6.16. The second kappa shape index (κ2) is 5.46. The smallest absolute Gasteiger partial charge is 0.150 e. The Balaban J connectivity index is 1.92. The van der Waals surface area contributed by atoms with Gasteiger partial charge in [-0.05, 0) is 32.9 Å². The monoisotopic (exact) mass is 223 g/mol. The SMILES string of the molecule is CCC1CN(Cc2cc(C)no2)CCCN1. The average molecular weight is 223 g/mol. The molecule has 1 aromatic heterocycles. The Labute approximate surface area is 97.0 Å². The van der Waals surface area contributed by atoms with Crippen LogP contribution in [0.4, 0.5) is 0 Å². The molecule has 0 amide bonds. The Morgan fingerprint density at radius 3 is 3.19 bits per heavy atom. The fourth-order valence-electron chi connectivity index (χ4n) is 2.20. The van der Waals surface area contributed by atoms with E-state index in [-0.39, 0.29) is 0 Å². The molecule has 0 aliphatic carbocycles. The van der Waals surface area contributed by atoms with E-state index in [1.54, 1.807) is 0 Å². The summed E-state index contributed by atoms with van der Waals surface area (Å²) in [4.78, 5) is 2.45. The third-order valence-corrected chi connectivity index (χ3v) is 3.11. The maximum absolute atomic E-state index is 5.26. The van der Waals surface area contributed by atoms with Crippen molar-refractivity contribution < 1.29 is 4.52 Å². The van der Waals surface area contributed by atoms with E-state index in [1.807, 2.05) is 13.0 Å². The molecule has 2 heterocycles. The van der Waals surface area contributed by atoms with Crippen LogP contribution in [0, 0.1) is 6.92 Å². The minimum Gasteiger partial charge on any atom is -0.360 e. The lowest BCUT2D eigenvalue weighted by molar-refractivity contribution is 0.225. The highest BCUT2D eigenvalue weighted by atomic mass is 16.5. The van der Waals surface area contributed by atoms with Crippen molar-refractivity contribution in [2.75, 3.05) is 19.6 Å². The quantitative estimate of drug-likeness (QED) is 0.844. The van der Waals surface area contributed by atoms with Crippen molar-refractivity contribution in [3.63, 3.8) is 0 Å². The summed E-state index contributed by atoms with van der Waals surface area (Å²) >= 11 is 0. The highest BCUT2D eigenvalue weighted by Crippen LogP contribution is 2.10. The minimum absolute atomic E-state index is 0.617. The van der Waals surface area contributed by atoms with Gasteiger partial charge in [-0.1, -0.05) is 12.1 Å². The fourth-order valence-corrected chi connectivity index (χ4v) is 2.20. The number of hydrogen-bond donors (Lipinski definition) is 1. The normalized spacial score (nSPS) is 23.2. The zero-order valence-corrected chi connectivity index (χ0v) is 10.2. The highest BCUT2D eigenvalue weighted by Gasteiger charge is 2.17. The summed E-state index contributed by atoms with van der Waals surface area (Å²) in [6.07, 6.45) is 2.40. The van der Waals surface area contributed by atoms with Gasteiger partial charge in [0, 0.05) is 18.7 Å². The summed E-state index contributed by atoms with van der Waals surface area (Å²) in [6, 6.07) is 2.64. The van der Waals surface area contributed by atoms with Crippen LogP contribution in [0.3, 0.4) is 0 Å². The largest absolute Gasteiger partial charge is 0.360 e. The van der Waals surface area contributed by atoms with Crippen molar-refractivity contribution in [1.82, 2.24) is 15.4 Å². The van der Waals surface area contributed by atoms with E-state index in [1.165, 1.54) is 12.8 Å². The second-order valence-electron chi connectivity index (χ2n) is 4.58. The first kappa shape index (κ1) is 11.6. The predicted molar refractivity (Wildman–Crippen MR) is 63.2 cm³/mol. The standard InChI is InChI=1S/C12H21N3O/c1-3-11-8-15(6-4-5-13-11)9-12-7-10(2)14-16-12/h7,11,13H,3-6,8-9H2,1-2H3. The molecule has 1 aromatic rings. The molecular formula is C12H21N3O. The molecule has 1 saturated heterocycles. The summed E-state index contributed by atoms with van der Waals surface area (Å²) in [5, 5.41) is 7.49. The van der Waals surface area contributed by atoms with Crippen LogP contribution in [-0.4, -0.2) is 35.7 Å². The maximum atomic E-state index is 5.26. The van der Waals surface area contributed by atoms with Gasteiger partial charge in [0.1, 0.15) is 0 Å². The van der Waals surface area contributed by atoms with Crippen LogP contribution < -0.4 is 5.32 Å². The van der Waals surface area contributed by atoms with Crippen molar-refractivity contribution in [2.45, 2.75) is 39.3 Å². The van der Waals surface area contributed by atoms with Crippen molar-refractivity contribution in [3.8, 4) is 0 Å². The average Bonchev–Trinajstić information content (AvgIpc) is 2.55. The van der Waals surface area contributed by atoms with Crippen molar-refractivity contribution >= 4 is 0 Å². The number of aryl methyl sites for hydroxylation is 1. The van der Waals surface area contributed by atoms with E-state index in [0.717, 1.165) is 37.6 Å². The molecule has 1 unspecified atom stereocenters. The number of hydrogen-bond acceptors (Lipinski definition) is 4. The molecule has 2 rings (SSSR count). The van der Waals surface area contributed by atoms with E-state index in [9.17, 15) is 0 Å². The Bertz CT molecular complexity index is 324. The van der Waals surface area contributed by atoms with Gasteiger partial charge < -0.3 is 9.84 Å². The molecule has 4 heteroatoms. The Morgan fingerprint density at radius 1 is 1.62 bits per heavy atom. The van der Waals surface area contributed by atoms with Crippen LogP contribution in [0.25, 0.3) is 0 Å². The second-order valence-corrected chi connectivity index (χ2v) is 4.58. The van der Waals surface area contributed by atoms with Gasteiger partial charge in [0.05, 0.1) is 12.2 Å². The fraction of sp³-hybridized carbons (Fsp3) is 0.750. The van der Waals surface area contributed by atoms with Gasteiger partial charge in [0.15, 0.2) is 5.76 Å². The van der Waals surface area contributed by atoms with Crippen LogP contribution in [-0.2, 0) is 6.54 Å². The van der Waals surface area contributed by atoms with Crippen molar-refractivity contribution in [2.24, 2.45) is 0 Å². The van der Waals surface area contributed by atoms with Crippen LogP contribution in [0.2, 0.25) is 0 Å². The third-order valence-electron chi connectivity index (χ3n) is 3.11. The van der Waals surface area contributed by atoms with Gasteiger partial charge in [0.25, 0.3) is 0 Å². The summed E-state index contributed by atoms with van der Waals surface area (Å²) < 4.78 is 5.26. The summed E-state index contributed by atoms with van der Waals surface area (Å²) in [5.41, 5.74) is 0.968. The molecule has 1 atom stereocenters. The molecule has 1 aliphatic heterocycles. The molecule has 1 fully saturated rings. The topological polar surface area (TPSA) is 41.3 Å². The maximum Gasteiger partial charge on any atom is 0.150 e. The number of nitrogens with zero attached hydrogens (tertiary/aromatic N) is 2. The summed E-state index contributed by atoms with van der Waals surface area (Å²) in [6.45, 7) is 8.47. The summed E-state index contributed by atoms with van der Waals surface area (Å²) in [7, 11) is 0. The van der Waals surface area contributed by atoms with E-state index < -0.39 is 0 Å². The van der Waals surface area contributed by atoms with Crippen LogP contribution in [0.15, 0.2) is 10.6 Å².